The zero-order valence-electron chi connectivity index (χ0n) is 11.7. The second-order valence-corrected chi connectivity index (χ2v) is 7.92. The summed E-state index contributed by atoms with van der Waals surface area (Å²) in [6.07, 6.45) is 2.68. The van der Waals surface area contributed by atoms with Gasteiger partial charge in [-0.05, 0) is 31.0 Å². The molecule has 2 aromatic rings. The smallest absolute Gasteiger partial charge is 0.151 e. The molecule has 2 heterocycles. The van der Waals surface area contributed by atoms with Gasteiger partial charge in [-0.1, -0.05) is 12.1 Å². The van der Waals surface area contributed by atoms with Crippen LogP contribution in [0, 0.1) is 0 Å². The van der Waals surface area contributed by atoms with Crippen LogP contribution in [0.15, 0.2) is 30.5 Å². The molecular weight excluding hydrogens is 272 g/mol. The number of nitrogens with one attached hydrogen (secondary N) is 1. The molecule has 1 saturated heterocycles. The Morgan fingerprint density at radius 3 is 3.00 bits per heavy atom. The van der Waals surface area contributed by atoms with Crippen LogP contribution < -0.4 is 0 Å². The Balaban J connectivity index is 1.85. The van der Waals surface area contributed by atoms with Gasteiger partial charge in [0, 0.05) is 36.2 Å². The summed E-state index contributed by atoms with van der Waals surface area (Å²) in [6.45, 7) is 3.56. The first-order valence-electron chi connectivity index (χ1n) is 7.05. The van der Waals surface area contributed by atoms with E-state index in [1.54, 1.807) is 0 Å². The number of benzene rings is 1. The molecule has 1 aliphatic heterocycles. The second-order valence-electron chi connectivity index (χ2n) is 5.62. The normalized spacial score (nSPS) is 23.8. The summed E-state index contributed by atoms with van der Waals surface area (Å²) in [5.74, 6) is 0.597. The van der Waals surface area contributed by atoms with Crippen molar-refractivity contribution in [3.8, 4) is 0 Å². The molecule has 1 aliphatic rings. The Hall–Kier alpha value is -1.33. The molecule has 1 N–H and O–H groups in total. The van der Waals surface area contributed by atoms with E-state index in [0.29, 0.717) is 18.3 Å². The lowest BCUT2D eigenvalue weighted by Crippen LogP contribution is -2.33. The van der Waals surface area contributed by atoms with E-state index in [-0.39, 0.29) is 5.75 Å². The fourth-order valence-electron chi connectivity index (χ4n) is 2.85. The quantitative estimate of drug-likeness (QED) is 0.923. The highest BCUT2D eigenvalue weighted by atomic mass is 32.2. The SMILES string of the molecule is CC1CCS(=O)(=O)CCN1Cc1cccc2[nH]ccc12. The van der Waals surface area contributed by atoms with Crippen LogP contribution in [0.25, 0.3) is 10.9 Å². The molecule has 0 aliphatic carbocycles. The van der Waals surface area contributed by atoms with Crippen molar-refractivity contribution in [2.24, 2.45) is 0 Å². The monoisotopic (exact) mass is 292 g/mol. The van der Waals surface area contributed by atoms with E-state index in [1.165, 1.54) is 10.9 Å². The van der Waals surface area contributed by atoms with Crippen molar-refractivity contribution >= 4 is 20.7 Å². The summed E-state index contributed by atoms with van der Waals surface area (Å²) in [7, 11) is -2.86. The summed E-state index contributed by atoms with van der Waals surface area (Å²) in [5.41, 5.74) is 2.40. The highest BCUT2D eigenvalue weighted by Gasteiger charge is 2.24. The Bertz CT molecular complexity index is 705. The molecule has 4 nitrogen and oxygen atoms in total. The lowest BCUT2D eigenvalue weighted by atomic mass is 10.1. The minimum atomic E-state index is -2.86. The van der Waals surface area contributed by atoms with Crippen molar-refractivity contribution in [2.45, 2.75) is 25.9 Å². The molecule has 108 valence electrons. The highest BCUT2D eigenvalue weighted by molar-refractivity contribution is 7.91. The minimum absolute atomic E-state index is 0.278. The van der Waals surface area contributed by atoms with Crippen LogP contribution in [0.5, 0.6) is 0 Å². The number of hydrogen-bond acceptors (Lipinski definition) is 3. The van der Waals surface area contributed by atoms with Gasteiger partial charge < -0.3 is 4.98 Å². The van der Waals surface area contributed by atoms with E-state index in [9.17, 15) is 8.42 Å². The van der Waals surface area contributed by atoms with Crippen molar-refractivity contribution < 1.29 is 8.42 Å². The van der Waals surface area contributed by atoms with Gasteiger partial charge in [-0.25, -0.2) is 8.42 Å². The lowest BCUT2D eigenvalue weighted by molar-refractivity contribution is 0.213. The molecule has 3 rings (SSSR count). The number of aromatic amines is 1. The van der Waals surface area contributed by atoms with Crippen molar-refractivity contribution in [1.82, 2.24) is 9.88 Å². The zero-order valence-corrected chi connectivity index (χ0v) is 12.5. The number of sulfone groups is 1. The number of hydrogen-bond donors (Lipinski definition) is 1. The molecule has 0 spiro atoms. The number of nitrogens with zero attached hydrogens (tertiary/aromatic N) is 1. The van der Waals surface area contributed by atoms with E-state index in [1.807, 2.05) is 12.3 Å². The van der Waals surface area contributed by atoms with Crippen LogP contribution in [0.2, 0.25) is 0 Å². The molecule has 0 radical (unpaired) electrons. The minimum Gasteiger partial charge on any atom is -0.361 e. The molecule has 5 heteroatoms. The molecule has 1 aromatic heterocycles. The van der Waals surface area contributed by atoms with Gasteiger partial charge in [-0.3, -0.25) is 4.90 Å². The Labute approximate surface area is 119 Å². The van der Waals surface area contributed by atoms with Gasteiger partial charge in [-0.15, -0.1) is 0 Å². The van der Waals surface area contributed by atoms with Crippen LogP contribution in [-0.2, 0) is 16.4 Å². The fraction of sp³-hybridized carbons (Fsp3) is 0.467. The molecule has 20 heavy (non-hydrogen) atoms. The summed E-state index contributed by atoms with van der Waals surface area (Å²) >= 11 is 0. The number of H-pyrrole nitrogens is 1. The van der Waals surface area contributed by atoms with Gasteiger partial charge in [0.1, 0.15) is 0 Å². The summed E-state index contributed by atoms with van der Waals surface area (Å²) in [4.78, 5) is 5.50. The van der Waals surface area contributed by atoms with Gasteiger partial charge in [-0.2, -0.15) is 0 Å². The third-order valence-electron chi connectivity index (χ3n) is 4.22. The first-order chi connectivity index (χ1) is 9.55. The van der Waals surface area contributed by atoms with E-state index in [0.717, 1.165) is 18.5 Å². The Morgan fingerprint density at radius 2 is 2.15 bits per heavy atom. The molecule has 1 aromatic carbocycles. The summed E-state index contributed by atoms with van der Waals surface area (Å²) < 4.78 is 23.5. The van der Waals surface area contributed by atoms with Crippen molar-refractivity contribution in [3.63, 3.8) is 0 Å². The van der Waals surface area contributed by atoms with Gasteiger partial charge in [0.05, 0.1) is 11.5 Å². The molecular formula is C15H20N2O2S. The predicted octanol–water partition coefficient (Wildman–Crippen LogP) is 2.18. The summed E-state index contributed by atoms with van der Waals surface area (Å²) in [6, 6.07) is 8.64. The van der Waals surface area contributed by atoms with Gasteiger partial charge in [0.15, 0.2) is 9.84 Å². The maximum Gasteiger partial charge on any atom is 0.151 e. The predicted molar refractivity (Wildman–Crippen MR) is 81.4 cm³/mol. The van der Waals surface area contributed by atoms with Crippen LogP contribution in [0.1, 0.15) is 18.9 Å². The zero-order chi connectivity index (χ0) is 14.2. The number of fused-ring (bicyclic) bond motifs is 1. The Morgan fingerprint density at radius 1 is 1.30 bits per heavy atom. The second kappa shape index (κ2) is 5.22. The fourth-order valence-corrected chi connectivity index (χ4v) is 4.27. The Kier molecular flexibility index (Phi) is 3.56. The molecule has 0 saturated carbocycles. The van der Waals surface area contributed by atoms with Crippen LogP contribution in [0.3, 0.4) is 0 Å². The van der Waals surface area contributed by atoms with E-state index in [2.05, 4.69) is 35.0 Å². The maximum atomic E-state index is 11.8. The molecule has 0 amide bonds. The van der Waals surface area contributed by atoms with Crippen molar-refractivity contribution in [2.75, 3.05) is 18.1 Å². The maximum absolute atomic E-state index is 11.8. The molecule has 1 fully saturated rings. The topological polar surface area (TPSA) is 53.2 Å². The molecule has 1 unspecified atom stereocenters. The van der Waals surface area contributed by atoms with Crippen molar-refractivity contribution in [1.29, 1.82) is 0 Å². The number of rotatable bonds is 2. The first-order valence-corrected chi connectivity index (χ1v) is 8.87. The van der Waals surface area contributed by atoms with E-state index in [4.69, 9.17) is 0 Å². The lowest BCUT2D eigenvalue weighted by Gasteiger charge is -2.26. The van der Waals surface area contributed by atoms with Crippen LogP contribution in [-0.4, -0.2) is 42.4 Å². The summed E-state index contributed by atoms with van der Waals surface area (Å²) in [5, 5.41) is 1.23. The standard InChI is InChI=1S/C15H20N2O2S/c1-12-6-9-20(18,19)10-8-17(12)11-13-3-2-4-15-14(13)5-7-16-15/h2-5,7,12,16H,6,8-11H2,1H3. The molecule has 1 atom stereocenters. The third-order valence-corrected chi connectivity index (χ3v) is 5.88. The van der Waals surface area contributed by atoms with Crippen LogP contribution in [0.4, 0.5) is 0 Å². The van der Waals surface area contributed by atoms with Gasteiger partial charge >= 0.3 is 0 Å². The molecule has 0 bridgehead atoms. The highest BCUT2D eigenvalue weighted by Crippen LogP contribution is 2.21. The van der Waals surface area contributed by atoms with E-state index >= 15 is 0 Å². The third kappa shape index (κ3) is 2.74. The van der Waals surface area contributed by atoms with Gasteiger partial charge in [0.2, 0.25) is 0 Å². The average Bonchev–Trinajstić information content (AvgIpc) is 2.85. The van der Waals surface area contributed by atoms with E-state index < -0.39 is 9.84 Å². The van der Waals surface area contributed by atoms with Crippen LogP contribution >= 0.6 is 0 Å². The first kappa shape index (κ1) is 13.6. The van der Waals surface area contributed by atoms with Crippen molar-refractivity contribution in [3.05, 3.63) is 36.0 Å². The number of aromatic nitrogens is 1. The van der Waals surface area contributed by atoms with Gasteiger partial charge in [0.25, 0.3) is 0 Å². The largest absolute Gasteiger partial charge is 0.361 e. The average molecular weight is 292 g/mol.